The van der Waals surface area contributed by atoms with Gasteiger partial charge in [-0.15, -0.1) is 11.8 Å². The number of aromatic nitrogens is 1. The Kier molecular flexibility index (Phi) is 5.03. The van der Waals surface area contributed by atoms with Crippen LogP contribution >= 0.6 is 23.4 Å². The van der Waals surface area contributed by atoms with Gasteiger partial charge in [0.15, 0.2) is 0 Å². The monoisotopic (exact) mass is 314 g/mol. The van der Waals surface area contributed by atoms with Gasteiger partial charge >= 0.3 is 0 Å². The second kappa shape index (κ2) is 6.76. The molecule has 0 unspecified atom stereocenters. The lowest BCUT2D eigenvalue weighted by atomic mass is 10.3. The number of hydrogen-bond acceptors (Lipinski definition) is 4. The van der Waals surface area contributed by atoms with Gasteiger partial charge in [0.05, 0.1) is 17.1 Å². The van der Waals surface area contributed by atoms with Gasteiger partial charge in [-0.25, -0.2) is 4.39 Å². The van der Waals surface area contributed by atoms with Gasteiger partial charge in [-0.05, 0) is 25.1 Å². The molecule has 1 N–H and O–H groups in total. The molecule has 0 saturated heterocycles. The molecule has 2 rings (SSSR count). The fourth-order valence-corrected chi connectivity index (χ4v) is 2.39. The van der Waals surface area contributed by atoms with Crippen LogP contribution in [0.3, 0.4) is 0 Å². The molecule has 0 aliphatic rings. The third-order valence-corrected chi connectivity index (χ3v) is 3.56. The highest BCUT2D eigenvalue weighted by molar-refractivity contribution is 7.99. The molecular formula is C13H12ClFN2O2S. The molecule has 0 saturated carbocycles. The molecule has 0 aliphatic heterocycles. The molecule has 7 heteroatoms. The van der Waals surface area contributed by atoms with E-state index in [-0.39, 0.29) is 17.3 Å². The molecule has 2 aromatic rings. The zero-order valence-electron chi connectivity index (χ0n) is 10.7. The molecule has 0 fully saturated rings. The average Bonchev–Trinajstić information content (AvgIpc) is 2.80. The van der Waals surface area contributed by atoms with Crippen LogP contribution in [0.4, 0.5) is 10.1 Å². The van der Waals surface area contributed by atoms with Gasteiger partial charge in [0.25, 0.3) is 0 Å². The topological polar surface area (TPSA) is 55.1 Å². The van der Waals surface area contributed by atoms with Gasteiger partial charge < -0.3 is 9.84 Å². The first kappa shape index (κ1) is 14.9. The van der Waals surface area contributed by atoms with E-state index in [4.69, 9.17) is 16.1 Å². The highest BCUT2D eigenvalue weighted by Crippen LogP contribution is 2.20. The van der Waals surface area contributed by atoms with Crippen molar-refractivity contribution in [3.63, 3.8) is 0 Å². The molecule has 0 aliphatic carbocycles. The molecular weight excluding hydrogens is 303 g/mol. The van der Waals surface area contributed by atoms with Crippen molar-refractivity contribution in [2.75, 3.05) is 11.1 Å². The highest BCUT2D eigenvalue weighted by atomic mass is 35.5. The van der Waals surface area contributed by atoms with Crippen LogP contribution in [0, 0.1) is 12.7 Å². The largest absolute Gasteiger partial charge is 0.361 e. The number of carbonyl (C=O) groups excluding carboxylic acids is 1. The normalized spacial score (nSPS) is 10.6. The van der Waals surface area contributed by atoms with Crippen LogP contribution in [-0.4, -0.2) is 16.8 Å². The van der Waals surface area contributed by atoms with E-state index in [1.54, 1.807) is 6.92 Å². The fraction of sp³-hybridized carbons (Fsp3) is 0.231. The maximum Gasteiger partial charge on any atom is 0.234 e. The zero-order chi connectivity index (χ0) is 14.5. The highest BCUT2D eigenvalue weighted by Gasteiger charge is 2.08. The number of carbonyl (C=O) groups is 1. The summed E-state index contributed by atoms with van der Waals surface area (Å²) in [6, 6.07) is 5.82. The molecule has 20 heavy (non-hydrogen) atoms. The third-order valence-electron chi connectivity index (χ3n) is 2.36. The minimum atomic E-state index is -0.514. The first-order valence-corrected chi connectivity index (χ1v) is 7.32. The van der Waals surface area contributed by atoms with E-state index in [0.29, 0.717) is 10.8 Å². The van der Waals surface area contributed by atoms with Crippen molar-refractivity contribution in [1.82, 2.24) is 5.16 Å². The molecule has 1 amide bonds. The van der Waals surface area contributed by atoms with Crippen molar-refractivity contribution in [1.29, 1.82) is 0 Å². The first-order chi connectivity index (χ1) is 9.54. The maximum atomic E-state index is 13.4. The van der Waals surface area contributed by atoms with E-state index in [1.165, 1.54) is 30.0 Å². The van der Waals surface area contributed by atoms with E-state index >= 15 is 0 Å². The van der Waals surface area contributed by atoms with E-state index in [1.807, 2.05) is 6.07 Å². The SMILES string of the molecule is Cc1cc(CSCC(=O)Nc2cc(Cl)ccc2F)no1. The van der Waals surface area contributed by atoms with Crippen LogP contribution in [-0.2, 0) is 10.5 Å². The lowest BCUT2D eigenvalue weighted by molar-refractivity contribution is -0.113. The minimum Gasteiger partial charge on any atom is -0.361 e. The van der Waals surface area contributed by atoms with E-state index in [9.17, 15) is 9.18 Å². The molecule has 0 atom stereocenters. The van der Waals surface area contributed by atoms with Crippen molar-refractivity contribution in [3.8, 4) is 0 Å². The number of rotatable bonds is 5. The number of nitrogens with zero attached hydrogens (tertiary/aromatic N) is 1. The number of anilines is 1. The Balaban J connectivity index is 1.82. The van der Waals surface area contributed by atoms with Gasteiger partial charge in [0.1, 0.15) is 11.6 Å². The van der Waals surface area contributed by atoms with Gasteiger partial charge in [-0.3, -0.25) is 4.79 Å². The molecule has 106 valence electrons. The Labute approximate surface area is 124 Å². The number of aryl methyl sites for hydroxylation is 1. The molecule has 1 aromatic heterocycles. The second-order valence-electron chi connectivity index (χ2n) is 4.09. The summed E-state index contributed by atoms with van der Waals surface area (Å²) in [5, 5.41) is 6.66. The summed E-state index contributed by atoms with van der Waals surface area (Å²) in [5.74, 6) is 0.669. The number of benzene rings is 1. The summed E-state index contributed by atoms with van der Waals surface area (Å²) >= 11 is 7.11. The summed E-state index contributed by atoms with van der Waals surface area (Å²) < 4.78 is 18.3. The fourth-order valence-electron chi connectivity index (χ4n) is 1.51. The molecule has 0 radical (unpaired) electrons. The summed E-state index contributed by atoms with van der Waals surface area (Å²) in [6.07, 6.45) is 0. The minimum absolute atomic E-state index is 0.0837. The number of thioether (sulfide) groups is 1. The lowest BCUT2D eigenvalue weighted by Crippen LogP contribution is -2.15. The van der Waals surface area contributed by atoms with Crippen LogP contribution in [0.15, 0.2) is 28.8 Å². The molecule has 4 nitrogen and oxygen atoms in total. The van der Waals surface area contributed by atoms with Crippen LogP contribution in [0.1, 0.15) is 11.5 Å². The summed E-state index contributed by atoms with van der Waals surface area (Å²) in [4.78, 5) is 11.7. The van der Waals surface area contributed by atoms with E-state index < -0.39 is 5.82 Å². The van der Waals surface area contributed by atoms with Crippen molar-refractivity contribution in [3.05, 3.63) is 46.6 Å². The van der Waals surface area contributed by atoms with Crippen LogP contribution < -0.4 is 5.32 Å². The smallest absolute Gasteiger partial charge is 0.234 e. The van der Waals surface area contributed by atoms with Gasteiger partial charge in [-0.2, -0.15) is 0 Å². The number of hydrogen-bond donors (Lipinski definition) is 1. The average molecular weight is 315 g/mol. The Morgan fingerprint density at radius 2 is 2.30 bits per heavy atom. The van der Waals surface area contributed by atoms with Crippen molar-refractivity contribution in [2.45, 2.75) is 12.7 Å². The summed E-state index contributed by atoms with van der Waals surface area (Å²) in [6.45, 7) is 1.80. The van der Waals surface area contributed by atoms with E-state index in [2.05, 4.69) is 10.5 Å². The van der Waals surface area contributed by atoms with Gasteiger partial charge in [-0.1, -0.05) is 16.8 Å². The van der Waals surface area contributed by atoms with E-state index in [0.717, 1.165) is 11.5 Å². The second-order valence-corrected chi connectivity index (χ2v) is 5.52. The summed E-state index contributed by atoms with van der Waals surface area (Å²) in [7, 11) is 0. The maximum absolute atomic E-state index is 13.4. The predicted octanol–water partition coefficient (Wildman–Crippen LogP) is 3.65. The van der Waals surface area contributed by atoms with Crippen LogP contribution in [0.5, 0.6) is 0 Å². The Morgan fingerprint density at radius 1 is 1.50 bits per heavy atom. The molecule has 0 bridgehead atoms. The number of amides is 1. The van der Waals surface area contributed by atoms with Crippen LogP contribution in [0.2, 0.25) is 5.02 Å². The molecule has 1 heterocycles. The quantitative estimate of drug-likeness (QED) is 0.915. The number of halogens is 2. The van der Waals surface area contributed by atoms with Gasteiger partial charge in [0, 0.05) is 16.8 Å². The molecule has 0 spiro atoms. The Hall–Kier alpha value is -1.53. The molecule has 1 aromatic carbocycles. The zero-order valence-corrected chi connectivity index (χ0v) is 12.2. The standard InChI is InChI=1S/C13H12ClFN2O2S/c1-8-4-10(17-19-8)6-20-7-13(18)16-12-5-9(14)2-3-11(12)15/h2-5H,6-7H2,1H3,(H,16,18). The lowest BCUT2D eigenvalue weighted by Gasteiger charge is -2.06. The predicted molar refractivity (Wildman–Crippen MR) is 77.4 cm³/mol. The van der Waals surface area contributed by atoms with Crippen molar-refractivity contribution in [2.24, 2.45) is 0 Å². The van der Waals surface area contributed by atoms with Crippen LogP contribution in [0.25, 0.3) is 0 Å². The Bertz CT molecular complexity index is 618. The van der Waals surface area contributed by atoms with Gasteiger partial charge in [0.2, 0.25) is 5.91 Å². The summed E-state index contributed by atoms with van der Waals surface area (Å²) in [5.41, 5.74) is 0.856. The van der Waals surface area contributed by atoms with Crippen molar-refractivity contribution < 1.29 is 13.7 Å². The van der Waals surface area contributed by atoms with Crippen molar-refractivity contribution >= 4 is 35.0 Å². The Morgan fingerprint density at radius 3 is 3.00 bits per heavy atom. The first-order valence-electron chi connectivity index (χ1n) is 5.79. The number of nitrogens with one attached hydrogen (secondary N) is 1. The third kappa shape index (κ3) is 4.25.